The summed E-state index contributed by atoms with van der Waals surface area (Å²) in [5.74, 6) is 0.766. The van der Waals surface area contributed by atoms with Crippen molar-refractivity contribution in [2.45, 2.75) is 31.3 Å². The maximum absolute atomic E-state index is 13.0. The van der Waals surface area contributed by atoms with Gasteiger partial charge in [0.25, 0.3) is 0 Å². The van der Waals surface area contributed by atoms with Gasteiger partial charge in [-0.1, -0.05) is 36.8 Å². The second-order valence-electron chi connectivity index (χ2n) is 7.58. The van der Waals surface area contributed by atoms with E-state index in [1.165, 1.54) is 0 Å². The molecule has 0 radical (unpaired) electrons. The fourth-order valence-electron chi connectivity index (χ4n) is 4.15. The third kappa shape index (κ3) is 4.33. The molecule has 0 aromatic heterocycles. The molecule has 0 heterocycles. The highest BCUT2D eigenvalue weighted by atomic mass is 16.6. The monoisotopic (exact) mass is 367 g/mol. The summed E-state index contributed by atoms with van der Waals surface area (Å²) in [6.07, 6.45) is 4.07. The normalized spacial score (nSPS) is 22.4. The SMILES string of the molecule is COc1cccc([C@@]2(OC(=O)c3ccccc3)CCCC[C@H]2CN(C)C)c1. The Morgan fingerprint density at radius 1 is 1.11 bits per heavy atom. The van der Waals surface area contributed by atoms with Crippen LogP contribution >= 0.6 is 0 Å². The van der Waals surface area contributed by atoms with Crippen molar-refractivity contribution in [1.82, 2.24) is 4.90 Å². The van der Waals surface area contributed by atoms with Gasteiger partial charge in [-0.3, -0.25) is 0 Å². The van der Waals surface area contributed by atoms with Gasteiger partial charge >= 0.3 is 5.97 Å². The Hall–Kier alpha value is -2.33. The van der Waals surface area contributed by atoms with Crippen LogP contribution in [0.2, 0.25) is 0 Å². The molecule has 0 spiro atoms. The van der Waals surface area contributed by atoms with Crippen LogP contribution in [0.3, 0.4) is 0 Å². The van der Waals surface area contributed by atoms with Crippen LogP contribution in [-0.4, -0.2) is 38.6 Å². The van der Waals surface area contributed by atoms with E-state index in [2.05, 4.69) is 25.1 Å². The zero-order valence-electron chi connectivity index (χ0n) is 16.5. The van der Waals surface area contributed by atoms with Crippen molar-refractivity contribution in [2.75, 3.05) is 27.7 Å². The first kappa shape index (κ1) is 19.4. The summed E-state index contributed by atoms with van der Waals surface area (Å²) in [6, 6.07) is 17.3. The number of nitrogens with zero attached hydrogens (tertiary/aromatic N) is 1. The molecule has 0 bridgehead atoms. The van der Waals surface area contributed by atoms with Crippen LogP contribution in [0.5, 0.6) is 5.75 Å². The van der Waals surface area contributed by atoms with Gasteiger partial charge in [-0.15, -0.1) is 0 Å². The highest BCUT2D eigenvalue weighted by molar-refractivity contribution is 5.89. The van der Waals surface area contributed by atoms with Crippen molar-refractivity contribution in [2.24, 2.45) is 5.92 Å². The highest BCUT2D eigenvalue weighted by Crippen LogP contribution is 2.46. The molecular weight excluding hydrogens is 338 g/mol. The average molecular weight is 367 g/mol. The van der Waals surface area contributed by atoms with E-state index in [-0.39, 0.29) is 11.9 Å². The first-order chi connectivity index (χ1) is 13.0. The van der Waals surface area contributed by atoms with Crippen LogP contribution in [0.15, 0.2) is 54.6 Å². The van der Waals surface area contributed by atoms with E-state index in [9.17, 15) is 4.79 Å². The minimum Gasteiger partial charge on any atom is -0.497 e. The Bertz CT molecular complexity index is 759. The standard InChI is InChI=1S/C23H29NO3/c1-24(2)17-20-12-7-8-15-23(20,19-13-9-14-21(16-19)26-3)27-22(25)18-10-5-4-6-11-18/h4-6,9-11,13-14,16,20H,7-8,12,15,17H2,1-3H3/t20-,23-/m0/s1. The van der Waals surface area contributed by atoms with Gasteiger partial charge < -0.3 is 14.4 Å². The summed E-state index contributed by atoms with van der Waals surface area (Å²) in [4.78, 5) is 15.2. The molecule has 2 aromatic carbocycles. The Labute approximate surface area is 162 Å². The third-order valence-electron chi connectivity index (χ3n) is 5.44. The molecule has 2 atom stereocenters. The second-order valence-corrected chi connectivity index (χ2v) is 7.58. The third-order valence-corrected chi connectivity index (χ3v) is 5.44. The maximum Gasteiger partial charge on any atom is 0.339 e. The molecule has 0 amide bonds. The Kier molecular flexibility index (Phi) is 6.17. The van der Waals surface area contributed by atoms with Gasteiger partial charge in [-0.2, -0.15) is 0 Å². The molecule has 1 aliphatic carbocycles. The van der Waals surface area contributed by atoms with Crippen LogP contribution in [0.1, 0.15) is 41.6 Å². The van der Waals surface area contributed by atoms with Crippen LogP contribution in [0.25, 0.3) is 0 Å². The van der Waals surface area contributed by atoms with Crippen LogP contribution in [0.4, 0.5) is 0 Å². The van der Waals surface area contributed by atoms with Crippen molar-refractivity contribution < 1.29 is 14.3 Å². The van der Waals surface area contributed by atoms with Gasteiger partial charge in [0, 0.05) is 12.5 Å². The van der Waals surface area contributed by atoms with Crippen molar-refractivity contribution in [1.29, 1.82) is 0 Å². The number of benzene rings is 2. The molecule has 2 aromatic rings. The Morgan fingerprint density at radius 2 is 1.89 bits per heavy atom. The molecule has 144 valence electrons. The fourth-order valence-corrected chi connectivity index (χ4v) is 4.15. The first-order valence-corrected chi connectivity index (χ1v) is 9.63. The predicted octanol–water partition coefficient (Wildman–Crippen LogP) is 4.50. The summed E-state index contributed by atoms with van der Waals surface area (Å²) in [5, 5.41) is 0. The van der Waals surface area contributed by atoms with Crippen LogP contribution in [-0.2, 0) is 10.3 Å². The van der Waals surface area contributed by atoms with Gasteiger partial charge in [-0.25, -0.2) is 4.79 Å². The average Bonchev–Trinajstić information content (AvgIpc) is 2.70. The number of carbonyl (C=O) groups is 1. The molecule has 1 aliphatic rings. The minimum atomic E-state index is -0.635. The predicted molar refractivity (Wildman–Crippen MR) is 107 cm³/mol. The van der Waals surface area contributed by atoms with E-state index in [1.807, 2.05) is 48.5 Å². The summed E-state index contributed by atoms with van der Waals surface area (Å²) >= 11 is 0. The molecule has 1 fully saturated rings. The van der Waals surface area contributed by atoms with Gasteiger partial charge in [0.15, 0.2) is 0 Å². The maximum atomic E-state index is 13.0. The van der Waals surface area contributed by atoms with Crippen molar-refractivity contribution >= 4 is 5.97 Å². The summed E-state index contributed by atoms with van der Waals surface area (Å²) in [7, 11) is 5.81. The Balaban J connectivity index is 2.02. The fraction of sp³-hybridized carbons (Fsp3) is 0.435. The first-order valence-electron chi connectivity index (χ1n) is 9.63. The smallest absolute Gasteiger partial charge is 0.339 e. The van der Waals surface area contributed by atoms with E-state index in [0.717, 1.165) is 43.5 Å². The molecule has 1 saturated carbocycles. The summed E-state index contributed by atoms with van der Waals surface area (Å²) in [6.45, 7) is 0.874. The lowest BCUT2D eigenvalue weighted by atomic mass is 9.71. The lowest BCUT2D eigenvalue weighted by Crippen LogP contribution is -2.46. The van der Waals surface area contributed by atoms with Gasteiger partial charge in [0.1, 0.15) is 11.4 Å². The van der Waals surface area contributed by atoms with Crippen molar-refractivity contribution in [3.63, 3.8) is 0 Å². The largest absolute Gasteiger partial charge is 0.497 e. The topological polar surface area (TPSA) is 38.8 Å². The summed E-state index contributed by atoms with van der Waals surface area (Å²) < 4.78 is 11.8. The van der Waals surface area contributed by atoms with Gasteiger partial charge in [-0.05, 0) is 63.2 Å². The molecule has 3 rings (SSSR count). The number of methoxy groups -OCH3 is 1. The van der Waals surface area contributed by atoms with E-state index in [1.54, 1.807) is 7.11 Å². The number of hydrogen-bond acceptors (Lipinski definition) is 4. The number of carbonyl (C=O) groups excluding carboxylic acids is 1. The molecule has 0 N–H and O–H groups in total. The number of esters is 1. The van der Waals surface area contributed by atoms with E-state index >= 15 is 0 Å². The van der Waals surface area contributed by atoms with Gasteiger partial charge in [0.05, 0.1) is 12.7 Å². The zero-order valence-corrected chi connectivity index (χ0v) is 16.5. The van der Waals surface area contributed by atoms with Crippen LogP contribution in [0, 0.1) is 5.92 Å². The number of ether oxygens (including phenoxy) is 2. The number of rotatable bonds is 6. The molecule has 0 aliphatic heterocycles. The molecule has 0 unspecified atom stereocenters. The number of hydrogen-bond donors (Lipinski definition) is 0. The minimum absolute atomic E-state index is 0.237. The molecule has 4 nitrogen and oxygen atoms in total. The lowest BCUT2D eigenvalue weighted by molar-refractivity contribution is -0.0826. The molecule has 4 heteroatoms. The summed E-state index contributed by atoms with van der Waals surface area (Å²) in [5.41, 5.74) is 0.982. The van der Waals surface area contributed by atoms with E-state index in [0.29, 0.717) is 5.56 Å². The molecular formula is C23H29NO3. The Morgan fingerprint density at radius 3 is 2.59 bits per heavy atom. The van der Waals surface area contributed by atoms with E-state index < -0.39 is 5.60 Å². The molecule has 27 heavy (non-hydrogen) atoms. The lowest BCUT2D eigenvalue weighted by Gasteiger charge is -2.45. The zero-order chi connectivity index (χ0) is 19.3. The van der Waals surface area contributed by atoms with Crippen LogP contribution < -0.4 is 4.74 Å². The second kappa shape index (κ2) is 8.57. The van der Waals surface area contributed by atoms with Crippen molar-refractivity contribution in [3.05, 3.63) is 65.7 Å². The molecule has 0 saturated heterocycles. The van der Waals surface area contributed by atoms with E-state index in [4.69, 9.17) is 9.47 Å². The van der Waals surface area contributed by atoms with Crippen molar-refractivity contribution in [3.8, 4) is 5.75 Å². The quantitative estimate of drug-likeness (QED) is 0.705. The highest BCUT2D eigenvalue weighted by Gasteiger charge is 2.46. The van der Waals surface area contributed by atoms with Gasteiger partial charge in [0.2, 0.25) is 0 Å².